The van der Waals surface area contributed by atoms with E-state index in [0.717, 1.165) is 5.69 Å². The molecule has 0 saturated carbocycles. The molecule has 3 nitrogen and oxygen atoms in total. The Hall–Kier alpha value is -1.58. The highest BCUT2D eigenvalue weighted by Crippen LogP contribution is 2.31. The number of rotatable bonds is 3. The van der Waals surface area contributed by atoms with E-state index in [1.54, 1.807) is 31.4 Å². The molecule has 2 aromatic rings. The molecule has 0 spiro atoms. The van der Waals surface area contributed by atoms with E-state index in [4.69, 9.17) is 16.3 Å². The molecule has 1 heterocycles. The molecule has 4 heteroatoms. The Balaban J connectivity index is 2.44. The largest absolute Gasteiger partial charge is 0.496 e. The minimum atomic E-state index is -0.849. The summed E-state index contributed by atoms with van der Waals surface area (Å²) in [6, 6.07) is 10.7. The molecule has 94 valence electrons. The molecule has 1 aromatic carbocycles. The molecule has 0 saturated heterocycles. The second kappa shape index (κ2) is 5.38. The molecule has 0 amide bonds. The minimum absolute atomic E-state index is 0.553. The minimum Gasteiger partial charge on any atom is -0.496 e. The first kappa shape index (κ1) is 12.9. The fourth-order valence-corrected chi connectivity index (χ4v) is 1.98. The van der Waals surface area contributed by atoms with E-state index in [0.29, 0.717) is 22.0 Å². The lowest BCUT2D eigenvalue weighted by Gasteiger charge is -2.15. The fraction of sp³-hybridized carbons (Fsp3) is 0.214. The number of ether oxygens (including phenoxy) is 1. The summed E-state index contributed by atoms with van der Waals surface area (Å²) in [5.41, 5.74) is 2.05. The number of aromatic nitrogens is 1. The van der Waals surface area contributed by atoms with Crippen molar-refractivity contribution in [3.8, 4) is 5.75 Å². The van der Waals surface area contributed by atoms with Crippen LogP contribution in [0.5, 0.6) is 5.75 Å². The predicted octanol–water partition coefficient (Wildman–Crippen LogP) is 3.13. The third kappa shape index (κ3) is 2.63. The molecule has 1 atom stereocenters. The standard InChI is InChI=1S/C14H14ClNO2/c1-9-4-3-5-12(16-9)14(17)11-8-10(15)6-7-13(11)18-2/h3-8,14,17H,1-2H3. The van der Waals surface area contributed by atoms with Crippen molar-refractivity contribution < 1.29 is 9.84 Å². The lowest BCUT2D eigenvalue weighted by atomic mass is 10.0. The van der Waals surface area contributed by atoms with Crippen LogP contribution in [0.4, 0.5) is 0 Å². The van der Waals surface area contributed by atoms with E-state index in [1.165, 1.54) is 0 Å². The summed E-state index contributed by atoms with van der Waals surface area (Å²) in [6.07, 6.45) is -0.849. The highest BCUT2D eigenvalue weighted by Gasteiger charge is 2.17. The number of aryl methyl sites for hydroxylation is 1. The van der Waals surface area contributed by atoms with Crippen molar-refractivity contribution in [1.82, 2.24) is 4.98 Å². The van der Waals surface area contributed by atoms with Crippen LogP contribution in [-0.4, -0.2) is 17.2 Å². The quantitative estimate of drug-likeness (QED) is 0.925. The normalized spacial score (nSPS) is 12.2. The summed E-state index contributed by atoms with van der Waals surface area (Å²) < 4.78 is 5.23. The van der Waals surface area contributed by atoms with Crippen LogP contribution in [-0.2, 0) is 0 Å². The fourth-order valence-electron chi connectivity index (χ4n) is 1.79. The van der Waals surface area contributed by atoms with Crippen LogP contribution in [0.25, 0.3) is 0 Å². The maximum absolute atomic E-state index is 10.4. The van der Waals surface area contributed by atoms with Gasteiger partial charge in [-0.25, -0.2) is 0 Å². The van der Waals surface area contributed by atoms with Gasteiger partial charge in [0.25, 0.3) is 0 Å². The van der Waals surface area contributed by atoms with Crippen molar-refractivity contribution in [1.29, 1.82) is 0 Å². The molecule has 0 aliphatic rings. The number of hydrogen-bond acceptors (Lipinski definition) is 3. The summed E-state index contributed by atoms with van der Waals surface area (Å²) in [5.74, 6) is 0.593. The molecule has 1 unspecified atom stereocenters. The van der Waals surface area contributed by atoms with Crippen LogP contribution in [0.15, 0.2) is 36.4 Å². The van der Waals surface area contributed by atoms with E-state index in [1.807, 2.05) is 19.1 Å². The molecule has 2 rings (SSSR count). The van der Waals surface area contributed by atoms with Gasteiger partial charge in [-0.2, -0.15) is 0 Å². The number of methoxy groups -OCH3 is 1. The molecule has 0 aliphatic carbocycles. The van der Waals surface area contributed by atoms with Crippen LogP contribution in [0.1, 0.15) is 23.1 Å². The number of nitrogens with zero attached hydrogens (tertiary/aromatic N) is 1. The molecule has 1 aromatic heterocycles. The third-order valence-electron chi connectivity index (χ3n) is 2.68. The first-order valence-electron chi connectivity index (χ1n) is 5.57. The van der Waals surface area contributed by atoms with Crippen LogP contribution < -0.4 is 4.74 Å². The van der Waals surface area contributed by atoms with Gasteiger partial charge in [0.05, 0.1) is 12.8 Å². The highest BCUT2D eigenvalue weighted by molar-refractivity contribution is 6.30. The van der Waals surface area contributed by atoms with Gasteiger partial charge >= 0.3 is 0 Å². The van der Waals surface area contributed by atoms with Gasteiger partial charge in [0.15, 0.2) is 0 Å². The molecular formula is C14H14ClNO2. The van der Waals surface area contributed by atoms with Gasteiger partial charge in [-0.3, -0.25) is 4.98 Å². The number of pyridine rings is 1. The zero-order chi connectivity index (χ0) is 13.1. The molecule has 0 fully saturated rings. The molecule has 18 heavy (non-hydrogen) atoms. The van der Waals surface area contributed by atoms with Gasteiger partial charge in [0.2, 0.25) is 0 Å². The Bertz CT molecular complexity index is 557. The monoisotopic (exact) mass is 263 g/mol. The maximum Gasteiger partial charge on any atom is 0.125 e. The maximum atomic E-state index is 10.4. The second-order valence-electron chi connectivity index (χ2n) is 3.99. The molecule has 0 aliphatic heterocycles. The van der Waals surface area contributed by atoms with Gasteiger partial charge in [-0.15, -0.1) is 0 Å². The first-order chi connectivity index (χ1) is 8.61. The van der Waals surface area contributed by atoms with Crippen LogP contribution in [0.3, 0.4) is 0 Å². The zero-order valence-electron chi connectivity index (χ0n) is 10.2. The van der Waals surface area contributed by atoms with Crippen molar-refractivity contribution in [2.75, 3.05) is 7.11 Å². The second-order valence-corrected chi connectivity index (χ2v) is 4.43. The number of benzene rings is 1. The van der Waals surface area contributed by atoms with Gasteiger partial charge in [-0.05, 0) is 37.3 Å². The summed E-state index contributed by atoms with van der Waals surface area (Å²) in [7, 11) is 1.56. The number of aliphatic hydroxyl groups excluding tert-OH is 1. The van der Waals surface area contributed by atoms with Crippen LogP contribution in [0.2, 0.25) is 5.02 Å². The molecule has 0 bridgehead atoms. The van der Waals surface area contributed by atoms with Crippen molar-refractivity contribution >= 4 is 11.6 Å². The summed E-state index contributed by atoms with van der Waals surface area (Å²) in [5, 5.41) is 10.9. The Morgan fingerprint density at radius 1 is 1.28 bits per heavy atom. The smallest absolute Gasteiger partial charge is 0.125 e. The zero-order valence-corrected chi connectivity index (χ0v) is 11.0. The van der Waals surface area contributed by atoms with E-state index < -0.39 is 6.10 Å². The number of halogens is 1. The SMILES string of the molecule is COc1ccc(Cl)cc1C(O)c1cccc(C)n1. The summed E-state index contributed by atoms with van der Waals surface area (Å²) in [4.78, 5) is 4.31. The van der Waals surface area contributed by atoms with Gasteiger partial charge in [0, 0.05) is 16.3 Å². The van der Waals surface area contributed by atoms with Crippen molar-refractivity contribution in [3.63, 3.8) is 0 Å². The average Bonchev–Trinajstić information content (AvgIpc) is 2.38. The lowest BCUT2D eigenvalue weighted by Crippen LogP contribution is -2.05. The Morgan fingerprint density at radius 2 is 2.06 bits per heavy atom. The van der Waals surface area contributed by atoms with Crippen LogP contribution in [0, 0.1) is 6.92 Å². The topological polar surface area (TPSA) is 42.4 Å². The van der Waals surface area contributed by atoms with Crippen molar-refractivity contribution in [3.05, 3.63) is 58.4 Å². The first-order valence-corrected chi connectivity index (χ1v) is 5.94. The molecule has 0 radical (unpaired) electrons. The van der Waals surface area contributed by atoms with E-state index in [-0.39, 0.29) is 0 Å². The van der Waals surface area contributed by atoms with Crippen molar-refractivity contribution in [2.24, 2.45) is 0 Å². The van der Waals surface area contributed by atoms with Gasteiger partial charge < -0.3 is 9.84 Å². The van der Waals surface area contributed by atoms with Gasteiger partial charge in [-0.1, -0.05) is 17.7 Å². The van der Waals surface area contributed by atoms with E-state index >= 15 is 0 Å². The van der Waals surface area contributed by atoms with Crippen LogP contribution >= 0.6 is 11.6 Å². The Labute approximate surface area is 111 Å². The predicted molar refractivity (Wildman–Crippen MR) is 71.0 cm³/mol. The Kier molecular flexibility index (Phi) is 3.84. The Morgan fingerprint density at radius 3 is 2.72 bits per heavy atom. The summed E-state index contributed by atoms with van der Waals surface area (Å²) >= 11 is 5.95. The number of aliphatic hydroxyl groups is 1. The van der Waals surface area contributed by atoms with Crippen molar-refractivity contribution in [2.45, 2.75) is 13.0 Å². The third-order valence-corrected chi connectivity index (χ3v) is 2.91. The highest BCUT2D eigenvalue weighted by atomic mass is 35.5. The lowest BCUT2D eigenvalue weighted by molar-refractivity contribution is 0.209. The van der Waals surface area contributed by atoms with Gasteiger partial charge in [0.1, 0.15) is 11.9 Å². The number of hydrogen-bond donors (Lipinski definition) is 1. The average molecular weight is 264 g/mol. The molecular weight excluding hydrogens is 250 g/mol. The van der Waals surface area contributed by atoms with E-state index in [2.05, 4.69) is 4.98 Å². The molecule has 1 N–H and O–H groups in total. The van der Waals surface area contributed by atoms with E-state index in [9.17, 15) is 5.11 Å². The summed E-state index contributed by atoms with van der Waals surface area (Å²) in [6.45, 7) is 1.88.